The lowest BCUT2D eigenvalue weighted by Gasteiger charge is -2.32. The number of rotatable bonds is 5. The van der Waals surface area contributed by atoms with Crippen molar-refractivity contribution in [3.8, 4) is 0 Å². The second kappa shape index (κ2) is 7.02. The maximum Gasteiger partial charge on any atom is 0.236 e. The monoisotopic (exact) mass is 284 g/mol. The topological polar surface area (TPSA) is 66.6 Å². The minimum atomic E-state index is -0.811. The molecule has 4 nitrogen and oxygen atoms in total. The highest BCUT2D eigenvalue weighted by atomic mass is 16.3. The predicted molar refractivity (Wildman–Crippen MR) is 82.4 cm³/mol. The summed E-state index contributed by atoms with van der Waals surface area (Å²) in [6.45, 7) is -0.0820. The van der Waals surface area contributed by atoms with Crippen LogP contribution in [0, 0.1) is 0 Å². The van der Waals surface area contributed by atoms with Crippen LogP contribution in [0.3, 0.4) is 0 Å². The zero-order chi connectivity index (χ0) is 15.2. The molecule has 4 heteroatoms. The van der Waals surface area contributed by atoms with E-state index in [9.17, 15) is 9.90 Å². The molecule has 2 atom stereocenters. The van der Waals surface area contributed by atoms with Crippen LogP contribution in [0.4, 0.5) is 0 Å². The Morgan fingerprint density at radius 2 is 1.52 bits per heavy atom. The van der Waals surface area contributed by atoms with Crippen molar-refractivity contribution < 1.29 is 9.90 Å². The van der Waals surface area contributed by atoms with Gasteiger partial charge >= 0.3 is 0 Å². The van der Waals surface area contributed by atoms with Crippen LogP contribution < -0.4 is 5.73 Å². The van der Waals surface area contributed by atoms with Crippen LogP contribution in [0.25, 0.3) is 0 Å². The van der Waals surface area contributed by atoms with Gasteiger partial charge in [0.15, 0.2) is 0 Å². The zero-order valence-electron chi connectivity index (χ0n) is 12.0. The average molecular weight is 284 g/mol. The van der Waals surface area contributed by atoms with E-state index in [4.69, 9.17) is 5.73 Å². The smallest absolute Gasteiger partial charge is 0.236 e. The number of benzene rings is 2. The Hall–Kier alpha value is -2.17. The molecule has 0 fully saturated rings. The lowest BCUT2D eigenvalue weighted by Crippen LogP contribution is -2.38. The number of carbonyl (C=O) groups excluding carboxylic acids is 1. The van der Waals surface area contributed by atoms with Gasteiger partial charge in [-0.15, -0.1) is 0 Å². The van der Waals surface area contributed by atoms with Gasteiger partial charge < -0.3 is 15.7 Å². The number of hydrogen-bond donors (Lipinski definition) is 2. The summed E-state index contributed by atoms with van der Waals surface area (Å²) in [5, 5.41) is 10.7. The van der Waals surface area contributed by atoms with Gasteiger partial charge in [-0.2, -0.15) is 0 Å². The summed E-state index contributed by atoms with van der Waals surface area (Å²) in [7, 11) is 1.67. The molecule has 0 aliphatic carbocycles. The molecule has 0 saturated carbocycles. The van der Waals surface area contributed by atoms with Crippen molar-refractivity contribution in [2.45, 2.75) is 12.1 Å². The summed E-state index contributed by atoms with van der Waals surface area (Å²) in [5.74, 6) is -0.209. The summed E-state index contributed by atoms with van der Waals surface area (Å²) in [4.78, 5) is 13.5. The summed E-state index contributed by atoms with van der Waals surface area (Å²) < 4.78 is 0. The number of hydrogen-bond acceptors (Lipinski definition) is 3. The lowest BCUT2D eigenvalue weighted by molar-refractivity contribution is -0.133. The molecule has 0 aliphatic heterocycles. The second-order valence-corrected chi connectivity index (χ2v) is 4.92. The molecule has 0 radical (unpaired) electrons. The fourth-order valence-electron chi connectivity index (χ4n) is 2.40. The summed E-state index contributed by atoms with van der Waals surface area (Å²) in [5.41, 5.74) is 7.09. The van der Waals surface area contributed by atoms with Gasteiger partial charge in [-0.1, -0.05) is 60.7 Å². The SMILES string of the molecule is CN(C(=O)CN)[C@H](c1ccccc1)[C@H](O)c1ccccc1. The van der Waals surface area contributed by atoms with Gasteiger partial charge in [0.1, 0.15) is 6.10 Å². The normalized spacial score (nSPS) is 13.5. The van der Waals surface area contributed by atoms with Gasteiger partial charge in [0, 0.05) is 7.05 Å². The fourth-order valence-corrected chi connectivity index (χ4v) is 2.40. The van der Waals surface area contributed by atoms with Crippen LogP contribution in [0.2, 0.25) is 0 Å². The summed E-state index contributed by atoms with van der Waals surface area (Å²) in [6.07, 6.45) is -0.811. The van der Waals surface area contributed by atoms with E-state index in [0.717, 1.165) is 11.1 Å². The average Bonchev–Trinajstić information content (AvgIpc) is 2.56. The summed E-state index contributed by atoms with van der Waals surface area (Å²) >= 11 is 0. The van der Waals surface area contributed by atoms with Gasteiger partial charge in [0.25, 0.3) is 0 Å². The van der Waals surface area contributed by atoms with E-state index in [1.807, 2.05) is 60.7 Å². The van der Waals surface area contributed by atoms with Crippen LogP contribution in [0.15, 0.2) is 60.7 Å². The van der Waals surface area contributed by atoms with Gasteiger partial charge in [0.05, 0.1) is 12.6 Å². The van der Waals surface area contributed by atoms with Gasteiger partial charge in [-0.25, -0.2) is 0 Å². The number of nitrogens with zero attached hydrogens (tertiary/aromatic N) is 1. The van der Waals surface area contributed by atoms with Crippen molar-refractivity contribution in [1.82, 2.24) is 4.90 Å². The molecule has 0 spiro atoms. The Balaban J connectivity index is 2.39. The molecule has 2 rings (SSSR count). The second-order valence-electron chi connectivity index (χ2n) is 4.92. The third-order valence-corrected chi connectivity index (χ3v) is 3.57. The Bertz CT molecular complexity index is 572. The number of nitrogens with two attached hydrogens (primary N) is 1. The molecule has 3 N–H and O–H groups in total. The number of aliphatic hydroxyl groups excluding tert-OH is 1. The molecule has 0 unspecified atom stereocenters. The molecule has 0 bridgehead atoms. The fraction of sp³-hybridized carbons (Fsp3) is 0.235. The van der Waals surface area contributed by atoms with E-state index in [0.29, 0.717) is 0 Å². The molecule has 0 saturated heterocycles. The first kappa shape index (κ1) is 15.2. The molecule has 110 valence electrons. The molecular weight excluding hydrogens is 264 g/mol. The van der Waals surface area contributed by atoms with Crippen LogP contribution in [0.1, 0.15) is 23.3 Å². The number of likely N-dealkylation sites (N-methyl/N-ethyl adjacent to an activating group) is 1. The molecule has 2 aromatic carbocycles. The number of aliphatic hydroxyl groups is 1. The predicted octanol–water partition coefficient (Wildman–Crippen LogP) is 1.88. The van der Waals surface area contributed by atoms with Crippen LogP contribution in [0.5, 0.6) is 0 Å². The quantitative estimate of drug-likeness (QED) is 0.881. The van der Waals surface area contributed by atoms with Crippen molar-refractivity contribution >= 4 is 5.91 Å². The Morgan fingerprint density at radius 1 is 1.05 bits per heavy atom. The van der Waals surface area contributed by atoms with Crippen molar-refractivity contribution in [3.05, 3.63) is 71.8 Å². The molecule has 2 aromatic rings. The molecular formula is C17H20N2O2. The van der Waals surface area contributed by atoms with Crippen molar-refractivity contribution in [2.75, 3.05) is 13.6 Å². The highest BCUT2D eigenvalue weighted by molar-refractivity contribution is 5.78. The lowest BCUT2D eigenvalue weighted by atomic mass is 9.94. The Morgan fingerprint density at radius 3 is 2.00 bits per heavy atom. The van der Waals surface area contributed by atoms with Crippen LogP contribution in [-0.2, 0) is 4.79 Å². The minimum absolute atomic E-state index is 0.0820. The van der Waals surface area contributed by atoms with Gasteiger partial charge in [0.2, 0.25) is 5.91 Å². The van der Waals surface area contributed by atoms with E-state index < -0.39 is 12.1 Å². The first-order valence-electron chi connectivity index (χ1n) is 6.89. The van der Waals surface area contributed by atoms with Crippen molar-refractivity contribution in [2.24, 2.45) is 5.73 Å². The molecule has 0 heterocycles. The molecule has 0 aromatic heterocycles. The standard InChI is InChI=1S/C17H20N2O2/c1-19(15(20)12-18)16(13-8-4-2-5-9-13)17(21)14-10-6-3-7-11-14/h2-11,16-17,21H,12,18H2,1H3/t16-,17-/m1/s1. The van der Waals surface area contributed by atoms with Crippen molar-refractivity contribution in [3.63, 3.8) is 0 Å². The van der Waals surface area contributed by atoms with E-state index >= 15 is 0 Å². The highest BCUT2D eigenvalue weighted by Crippen LogP contribution is 2.33. The first-order valence-corrected chi connectivity index (χ1v) is 6.89. The Labute approximate surface area is 124 Å². The van der Waals surface area contributed by atoms with Gasteiger partial charge in [-0.05, 0) is 11.1 Å². The molecule has 1 amide bonds. The molecule has 21 heavy (non-hydrogen) atoms. The number of amides is 1. The van der Waals surface area contributed by atoms with E-state index in [1.54, 1.807) is 7.05 Å². The third-order valence-electron chi connectivity index (χ3n) is 3.57. The van der Waals surface area contributed by atoms with Gasteiger partial charge in [-0.3, -0.25) is 4.79 Å². The van der Waals surface area contributed by atoms with E-state index in [-0.39, 0.29) is 12.5 Å². The zero-order valence-corrected chi connectivity index (χ0v) is 12.0. The third kappa shape index (κ3) is 3.48. The van der Waals surface area contributed by atoms with Crippen molar-refractivity contribution in [1.29, 1.82) is 0 Å². The highest BCUT2D eigenvalue weighted by Gasteiger charge is 2.28. The Kier molecular flexibility index (Phi) is 5.09. The van der Waals surface area contributed by atoms with Crippen LogP contribution in [-0.4, -0.2) is 29.5 Å². The maximum absolute atomic E-state index is 12.0. The first-order chi connectivity index (χ1) is 10.1. The van der Waals surface area contributed by atoms with E-state index in [1.165, 1.54) is 4.90 Å². The number of carbonyl (C=O) groups is 1. The largest absolute Gasteiger partial charge is 0.386 e. The minimum Gasteiger partial charge on any atom is -0.386 e. The van der Waals surface area contributed by atoms with E-state index in [2.05, 4.69) is 0 Å². The molecule has 0 aliphatic rings. The maximum atomic E-state index is 12.0. The van der Waals surface area contributed by atoms with Crippen LogP contribution >= 0.6 is 0 Å². The summed E-state index contributed by atoms with van der Waals surface area (Å²) in [6, 6.07) is 18.3.